The van der Waals surface area contributed by atoms with Gasteiger partial charge in [-0.25, -0.2) is 9.48 Å². The highest BCUT2D eigenvalue weighted by molar-refractivity contribution is 8.13. The van der Waals surface area contributed by atoms with E-state index in [0.29, 0.717) is 6.54 Å². The number of hydrogen-bond donors (Lipinski definition) is 1. The molecular weight excluding hydrogens is 372 g/mol. The third-order valence-electron chi connectivity index (χ3n) is 5.53. The first-order chi connectivity index (χ1) is 13.5. The number of β-amino-alcohol motifs (C(OH)–C–C–N with tert-alkyl or cyclic N) is 1. The molecule has 2 aromatic rings. The van der Waals surface area contributed by atoms with E-state index in [1.54, 1.807) is 26.0 Å². The van der Waals surface area contributed by atoms with Crippen LogP contribution in [-0.4, -0.2) is 47.9 Å². The highest BCUT2D eigenvalue weighted by Gasteiger charge is 2.54. The Morgan fingerprint density at radius 1 is 1.11 bits per heavy atom. The standard InChI is InChI=1S/C22H27N2O3S/c1-15-6-8-18(16(2)12-15)22(25)14-23(21-24(22)10-5-11-28-21)19-13-17(26-3)7-9-20(19)27-4/h6-9,12-13,25H,5,10-11,14H2,1-4H3/q+1/t22-/m1/s1. The minimum absolute atomic E-state index is 0.447. The first kappa shape index (κ1) is 19.2. The molecule has 0 aliphatic carbocycles. The molecule has 2 aliphatic rings. The number of hydrogen-bond acceptors (Lipinski definition) is 5. The number of ether oxygens (including phenoxy) is 2. The second-order valence-electron chi connectivity index (χ2n) is 7.40. The van der Waals surface area contributed by atoms with Gasteiger partial charge in [-0.1, -0.05) is 23.8 Å². The number of amidine groups is 1. The summed E-state index contributed by atoms with van der Waals surface area (Å²) in [5.41, 5.74) is 3.11. The van der Waals surface area contributed by atoms with Gasteiger partial charge in [-0.05, 0) is 49.7 Å². The lowest BCUT2D eigenvalue weighted by atomic mass is 9.95. The van der Waals surface area contributed by atoms with Gasteiger partial charge in [-0.2, -0.15) is 0 Å². The van der Waals surface area contributed by atoms with Crippen molar-refractivity contribution in [3.05, 3.63) is 53.1 Å². The average molecular weight is 400 g/mol. The number of aryl methyl sites for hydroxylation is 2. The first-order valence-corrected chi connectivity index (χ1v) is 10.5. The van der Waals surface area contributed by atoms with E-state index in [4.69, 9.17) is 9.47 Å². The van der Waals surface area contributed by atoms with Crippen molar-refractivity contribution >= 4 is 22.6 Å². The predicted octanol–water partition coefficient (Wildman–Crippen LogP) is 3.49. The summed E-state index contributed by atoms with van der Waals surface area (Å²) in [5, 5.41) is 13.0. The molecule has 0 aromatic heterocycles. The summed E-state index contributed by atoms with van der Waals surface area (Å²) in [7, 11) is 3.34. The van der Waals surface area contributed by atoms with E-state index in [2.05, 4.69) is 41.5 Å². The summed E-state index contributed by atoms with van der Waals surface area (Å²) in [6, 6.07) is 12.1. The minimum Gasteiger partial charge on any atom is -0.497 e. The lowest BCUT2D eigenvalue weighted by Crippen LogP contribution is -2.42. The summed E-state index contributed by atoms with van der Waals surface area (Å²) in [6.07, 6.45) is 1.05. The summed E-state index contributed by atoms with van der Waals surface area (Å²) in [6.45, 7) is 5.43. The van der Waals surface area contributed by atoms with Crippen molar-refractivity contribution in [2.45, 2.75) is 26.0 Å². The zero-order chi connectivity index (χ0) is 19.9. The van der Waals surface area contributed by atoms with E-state index >= 15 is 0 Å². The molecule has 5 nitrogen and oxygen atoms in total. The topological polar surface area (TPSA) is 44.9 Å². The van der Waals surface area contributed by atoms with Crippen molar-refractivity contribution in [3.63, 3.8) is 0 Å². The highest BCUT2D eigenvalue weighted by Crippen LogP contribution is 2.42. The highest BCUT2D eigenvalue weighted by atomic mass is 32.2. The third-order valence-corrected chi connectivity index (χ3v) is 6.73. The van der Waals surface area contributed by atoms with Crippen LogP contribution in [0.3, 0.4) is 0 Å². The molecule has 6 heteroatoms. The van der Waals surface area contributed by atoms with Gasteiger partial charge < -0.3 is 14.6 Å². The second-order valence-corrected chi connectivity index (χ2v) is 8.46. The van der Waals surface area contributed by atoms with Gasteiger partial charge in [0.05, 0.1) is 20.8 Å². The van der Waals surface area contributed by atoms with Gasteiger partial charge >= 0.3 is 5.17 Å². The number of anilines is 1. The maximum absolute atomic E-state index is 11.9. The van der Waals surface area contributed by atoms with Gasteiger partial charge in [-0.3, -0.25) is 0 Å². The first-order valence-electron chi connectivity index (χ1n) is 9.55. The SMILES string of the molecule is COc1ccc(OC)c(N2C[C@@](O)(c3ccc(C)cc3C)[N+]3=C2SCCC3)c1. The number of thioether (sulfide) groups is 1. The molecule has 0 saturated carbocycles. The van der Waals surface area contributed by atoms with E-state index in [1.165, 1.54) is 5.56 Å². The number of nitrogens with zero attached hydrogens (tertiary/aromatic N) is 2. The van der Waals surface area contributed by atoms with Crippen LogP contribution < -0.4 is 14.4 Å². The zero-order valence-electron chi connectivity index (χ0n) is 16.9. The number of aliphatic hydroxyl groups is 1. The Kier molecular flexibility index (Phi) is 5.02. The smallest absolute Gasteiger partial charge is 0.316 e. The lowest BCUT2D eigenvalue weighted by Gasteiger charge is -2.26. The van der Waals surface area contributed by atoms with E-state index in [0.717, 1.165) is 52.2 Å². The van der Waals surface area contributed by atoms with Crippen LogP contribution in [0.4, 0.5) is 5.69 Å². The Morgan fingerprint density at radius 2 is 1.93 bits per heavy atom. The zero-order valence-corrected chi connectivity index (χ0v) is 17.7. The van der Waals surface area contributed by atoms with Crippen LogP contribution in [0.25, 0.3) is 0 Å². The Balaban J connectivity index is 1.85. The maximum Gasteiger partial charge on any atom is 0.316 e. The summed E-state index contributed by atoms with van der Waals surface area (Å²) >= 11 is 1.79. The molecule has 2 aromatic carbocycles. The molecule has 0 unspecified atom stereocenters. The lowest BCUT2D eigenvalue weighted by molar-refractivity contribution is -0.656. The van der Waals surface area contributed by atoms with Crippen LogP contribution in [0.15, 0.2) is 36.4 Å². The third kappa shape index (κ3) is 3.05. The molecule has 1 atom stereocenters. The Morgan fingerprint density at radius 3 is 2.64 bits per heavy atom. The van der Waals surface area contributed by atoms with Crippen LogP contribution in [0, 0.1) is 13.8 Å². The van der Waals surface area contributed by atoms with E-state index in [1.807, 2.05) is 18.2 Å². The number of benzene rings is 2. The van der Waals surface area contributed by atoms with Crippen molar-refractivity contribution in [1.29, 1.82) is 0 Å². The minimum atomic E-state index is -1.07. The van der Waals surface area contributed by atoms with Crippen molar-refractivity contribution in [2.75, 3.05) is 38.0 Å². The van der Waals surface area contributed by atoms with Crippen LogP contribution in [0.1, 0.15) is 23.1 Å². The van der Waals surface area contributed by atoms with Gasteiger partial charge in [0, 0.05) is 17.4 Å². The molecule has 148 valence electrons. The van der Waals surface area contributed by atoms with Gasteiger partial charge in [0.25, 0.3) is 5.72 Å². The Labute approximate surface area is 170 Å². The molecule has 0 spiro atoms. The molecule has 1 N–H and O–H groups in total. The van der Waals surface area contributed by atoms with Gasteiger partial charge in [0.2, 0.25) is 0 Å². The fourth-order valence-corrected chi connectivity index (χ4v) is 5.36. The summed E-state index contributed by atoms with van der Waals surface area (Å²) < 4.78 is 13.2. The molecule has 2 aliphatic heterocycles. The monoisotopic (exact) mass is 399 g/mol. The average Bonchev–Trinajstić information content (AvgIpc) is 3.01. The molecule has 2 heterocycles. The molecule has 4 rings (SSSR count). The molecule has 28 heavy (non-hydrogen) atoms. The van der Waals surface area contributed by atoms with Gasteiger partial charge in [-0.15, -0.1) is 0 Å². The Hall–Kier alpha value is -2.18. The number of methoxy groups -OCH3 is 2. The van der Waals surface area contributed by atoms with Crippen LogP contribution in [0.5, 0.6) is 11.5 Å². The number of rotatable bonds is 4. The quantitative estimate of drug-likeness (QED) is 0.798. The predicted molar refractivity (Wildman–Crippen MR) is 114 cm³/mol. The maximum atomic E-state index is 11.9. The van der Waals surface area contributed by atoms with Crippen LogP contribution in [0.2, 0.25) is 0 Å². The molecule has 0 bridgehead atoms. The van der Waals surface area contributed by atoms with Crippen molar-refractivity contribution in [2.24, 2.45) is 0 Å². The van der Waals surface area contributed by atoms with Crippen molar-refractivity contribution in [1.82, 2.24) is 0 Å². The van der Waals surface area contributed by atoms with Crippen LogP contribution >= 0.6 is 11.8 Å². The largest absolute Gasteiger partial charge is 0.497 e. The van der Waals surface area contributed by atoms with Crippen molar-refractivity contribution < 1.29 is 19.2 Å². The molecule has 0 amide bonds. The molecule has 0 fully saturated rings. The van der Waals surface area contributed by atoms with Crippen molar-refractivity contribution in [3.8, 4) is 11.5 Å². The van der Waals surface area contributed by atoms with Gasteiger partial charge in [0.15, 0.2) is 18.0 Å². The second kappa shape index (κ2) is 7.33. The van der Waals surface area contributed by atoms with Crippen LogP contribution in [-0.2, 0) is 5.72 Å². The molecule has 0 saturated heterocycles. The van der Waals surface area contributed by atoms with E-state index < -0.39 is 5.72 Å². The fraction of sp³-hybridized carbons (Fsp3) is 0.409. The van der Waals surface area contributed by atoms with E-state index in [9.17, 15) is 5.11 Å². The Bertz CT molecular complexity index is 943. The summed E-state index contributed by atoms with van der Waals surface area (Å²) in [5.74, 6) is 2.58. The fourth-order valence-electron chi connectivity index (χ4n) is 4.19. The molecule has 0 radical (unpaired) electrons. The summed E-state index contributed by atoms with van der Waals surface area (Å²) in [4.78, 5) is 2.17. The normalized spacial score (nSPS) is 21.7. The van der Waals surface area contributed by atoms with Gasteiger partial charge in [0.1, 0.15) is 5.75 Å². The van der Waals surface area contributed by atoms with E-state index in [-0.39, 0.29) is 0 Å². The molecular formula is C22H27N2O3S+.